The first kappa shape index (κ1) is 22.6. The Morgan fingerprint density at radius 3 is 2.35 bits per heavy atom. The van der Waals surface area contributed by atoms with Gasteiger partial charge in [-0.2, -0.15) is 8.42 Å². The maximum atomic E-state index is 13.0. The number of sulfonamides is 1. The maximum Gasteiger partial charge on any atom is 0.371 e. The van der Waals surface area contributed by atoms with Gasteiger partial charge in [-0.3, -0.25) is 14.8 Å². The largest absolute Gasteiger partial charge is 0.494 e. The molecule has 0 saturated carbocycles. The van der Waals surface area contributed by atoms with Gasteiger partial charge < -0.3 is 10.0 Å². The van der Waals surface area contributed by atoms with Gasteiger partial charge in [-0.1, -0.05) is 11.6 Å². The number of benzene rings is 1. The van der Waals surface area contributed by atoms with E-state index in [1.54, 1.807) is 12.1 Å². The van der Waals surface area contributed by atoms with Crippen molar-refractivity contribution in [3.8, 4) is 5.88 Å². The van der Waals surface area contributed by atoms with Crippen LogP contribution in [0.15, 0.2) is 66.5 Å². The summed E-state index contributed by atoms with van der Waals surface area (Å²) in [5, 5.41) is 10.5. The molecule has 0 radical (unpaired) electrons. The molecule has 0 aliphatic carbocycles. The second-order valence-corrected chi connectivity index (χ2v) is 8.98. The topological polar surface area (TPSA) is 140 Å². The number of hydrogen-bond acceptors (Lipinski definition) is 7. The van der Waals surface area contributed by atoms with Gasteiger partial charge in [0.05, 0.1) is 16.8 Å². The second kappa shape index (κ2) is 8.57. The highest BCUT2D eigenvalue weighted by atomic mass is 35.5. The van der Waals surface area contributed by atoms with Crippen LogP contribution in [0.2, 0.25) is 5.02 Å². The summed E-state index contributed by atoms with van der Waals surface area (Å²) in [7, 11) is -0.784. The highest BCUT2D eigenvalue weighted by Gasteiger charge is 2.32. The minimum absolute atomic E-state index is 0.0446. The first-order valence-electron chi connectivity index (χ1n) is 8.58. The van der Waals surface area contributed by atoms with Crippen molar-refractivity contribution in [1.82, 2.24) is 9.97 Å². The number of nitrogens with zero attached hydrogens (tertiary/aromatic N) is 3. The van der Waals surface area contributed by atoms with E-state index in [-0.39, 0.29) is 14.8 Å². The van der Waals surface area contributed by atoms with Gasteiger partial charge in [0.15, 0.2) is 5.56 Å². The molecule has 0 aliphatic heterocycles. The number of aromatic hydroxyl groups is 1. The van der Waals surface area contributed by atoms with Crippen LogP contribution in [0, 0.1) is 0 Å². The van der Waals surface area contributed by atoms with Crippen molar-refractivity contribution in [2.45, 2.75) is 9.79 Å². The van der Waals surface area contributed by atoms with E-state index in [0.717, 1.165) is 5.69 Å². The Balaban J connectivity index is 2.31. The van der Waals surface area contributed by atoms with Gasteiger partial charge in [0.25, 0.3) is 5.56 Å². The molecule has 162 valence electrons. The van der Waals surface area contributed by atoms with Gasteiger partial charge in [0.2, 0.25) is 5.88 Å². The first-order chi connectivity index (χ1) is 14.5. The fraction of sp³-hybridized carbons (Fsp3) is 0.111. The van der Waals surface area contributed by atoms with Crippen LogP contribution in [0.25, 0.3) is 0 Å². The summed E-state index contributed by atoms with van der Waals surface area (Å²) >= 11 is 10.00. The molecule has 0 aliphatic rings. The van der Waals surface area contributed by atoms with Crippen LogP contribution in [0.4, 0.5) is 5.69 Å². The average molecular weight is 483 g/mol. The van der Waals surface area contributed by atoms with E-state index in [0.29, 0.717) is 0 Å². The van der Waals surface area contributed by atoms with Crippen LogP contribution in [0.3, 0.4) is 0 Å². The molecule has 13 heteroatoms. The van der Waals surface area contributed by atoms with Crippen molar-refractivity contribution in [3.63, 3.8) is 0 Å². The molecule has 0 saturated heterocycles. The average Bonchev–Trinajstić information content (AvgIpc) is 2.66. The molecule has 0 atom stereocenters. The number of aromatic amines is 2. The van der Waals surface area contributed by atoms with E-state index in [9.17, 15) is 23.1 Å². The number of rotatable bonds is 4. The fourth-order valence-electron chi connectivity index (χ4n) is 2.63. The number of anilines is 1. The van der Waals surface area contributed by atoms with Gasteiger partial charge in [-0.15, -0.1) is 12.6 Å². The Morgan fingerprint density at radius 2 is 1.81 bits per heavy atom. The van der Waals surface area contributed by atoms with Crippen LogP contribution in [0.1, 0.15) is 5.56 Å². The van der Waals surface area contributed by atoms with Crippen LogP contribution in [-0.4, -0.2) is 43.4 Å². The number of hydrogen-bond donors (Lipinski definition) is 4. The van der Waals surface area contributed by atoms with Crippen molar-refractivity contribution in [1.29, 1.82) is 0 Å². The van der Waals surface area contributed by atoms with Gasteiger partial charge >= 0.3 is 21.5 Å². The molecule has 2 heterocycles. The van der Waals surface area contributed by atoms with E-state index in [2.05, 4.69) is 17.0 Å². The Kier molecular flexibility index (Phi) is 6.25. The zero-order valence-corrected chi connectivity index (χ0v) is 18.7. The standard InChI is InChI=1S/C18H16ClN5O5S2/c1-23(2)11-5-7-24(8-6-11)15(14-16(25)20-18(27)21-17(14)26)22-31(28,29)13-4-3-10(19)9-12(13)30/h3-9H,1-2H3,(H3-,20,21,22,25,26,27,30)/p+1. The smallest absolute Gasteiger partial charge is 0.371 e. The quantitative estimate of drug-likeness (QED) is 0.187. The van der Waals surface area contributed by atoms with E-state index >= 15 is 0 Å². The van der Waals surface area contributed by atoms with Crippen molar-refractivity contribution in [2.24, 2.45) is 4.40 Å². The molecule has 0 spiro atoms. The molecule has 0 unspecified atom stereocenters. The maximum absolute atomic E-state index is 13.0. The summed E-state index contributed by atoms with van der Waals surface area (Å²) < 4.78 is 31.0. The summed E-state index contributed by atoms with van der Waals surface area (Å²) in [6, 6.07) is 7.19. The Labute approximate surface area is 187 Å². The molecule has 3 N–H and O–H groups in total. The summed E-state index contributed by atoms with van der Waals surface area (Å²) in [5.41, 5.74) is -1.74. The minimum Gasteiger partial charge on any atom is -0.494 e. The Hall–Kier alpha value is -3.09. The number of H-pyrrole nitrogens is 2. The number of thiol groups is 1. The summed E-state index contributed by atoms with van der Waals surface area (Å²) in [6.45, 7) is 0. The number of nitrogens with one attached hydrogen (secondary N) is 2. The molecule has 0 amide bonds. The highest BCUT2D eigenvalue weighted by molar-refractivity contribution is 7.91. The lowest BCUT2D eigenvalue weighted by Gasteiger charge is -2.11. The lowest BCUT2D eigenvalue weighted by Crippen LogP contribution is -2.47. The molecule has 0 bridgehead atoms. The fourth-order valence-corrected chi connectivity index (χ4v) is 4.52. The third-order valence-electron chi connectivity index (χ3n) is 4.12. The van der Waals surface area contributed by atoms with E-state index in [1.807, 2.05) is 29.0 Å². The number of aromatic nitrogens is 3. The molecule has 1 aromatic carbocycles. The van der Waals surface area contributed by atoms with Crippen LogP contribution < -0.4 is 20.7 Å². The van der Waals surface area contributed by atoms with Crippen LogP contribution in [0.5, 0.6) is 5.88 Å². The first-order valence-corrected chi connectivity index (χ1v) is 10.8. The van der Waals surface area contributed by atoms with Gasteiger partial charge in [-0.25, -0.2) is 9.36 Å². The zero-order chi connectivity index (χ0) is 22.9. The molecule has 2 aromatic heterocycles. The minimum atomic E-state index is -4.41. The monoisotopic (exact) mass is 482 g/mol. The number of pyridine rings is 1. The predicted octanol–water partition coefficient (Wildman–Crippen LogP) is 0.748. The van der Waals surface area contributed by atoms with Crippen molar-refractivity contribution >= 4 is 45.8 Å². The lowest BCUT2D eigenvalue weighted by atomic mass is 10.2. The second-order valence-electron chi connectivity index (χ2n) is 6.49. The zero-order valence-electron chi connectivity index (χ0n) is 16.2. The van der Waals surface area contributed by atoms with Crippen molar-refractivity contribution in [2.75, 3.05) is 19.0 Å². The highest BCUT2D eigenvalue weighted by Crippen LogP contribution is 2.25. The third-order valence-corrected chi connectivity index (χ3v) is 6.21. The molecule has 3 rings (SSSR count). The summed E-state index contributed by atoms with van der Waals surface area (Å²) in [6.07, 6.45) is 2.91. The molecular weight excluding hydrogens is 466 g/mol. The van der Waals surface area contributed by atoms with Gasteiger partial charge in [0, 0.05) is 41.8 Å². The number of halogens is 1. The summed E-state index contributed by atoms with van der Waals surface area (Å²) in [5.74, 6) is -1.28. The van der Waals surface area contributed by atoms with Gasteiger partial charge in [0.1, 0.15) is 4.90 Å². The molecule has 31 heavy (non-hydrogen) atoms. The van der Waals surface area contributed by atoms with Gasteiger partial charge in [-0.05, 0) is 18.2 Å². The normalized spacial score (nSPS) is 12.1. The lowest BCUT2D eigenvalue weighted by molar-refractivity contribution is -0.554. The van der Waals surface area contributed by atoms with E-state index in [4.69, 9.17) is 11.6 Å². The van der Waals surface area contributed by atoms with Crippen molar-refractivity contribution < 1.29 is 18.1 Å². The molecule has 3 aromatic rings. The molecular formula is C18H17ClN5O5S2+. The summed E-state index contributed by atoms with van der Waals surface area (Å²) in [4.78, 5) is 29.4. The van der Waals surface area contributed by atoms with Crippen LogP contribution >= 0.6 is 24.2 Å². The van der Waals surface area contributed by atoms with E-state index in [1.165, 1.54) is 35.2 Å². The van der Waals surface area contributed by atoms with E-state index < -0.39 is 38.6 Å². The predicted molar refractivity (Wildman–Crippen MR) is 118 cm³/mol. The Bertz CT molecular complexity index is 1400. The molecule has 10 nitrogen and oxygen atoms in total. The van der Waals surface area contributed by atoms with Crippen molar-refractivity contribution in [3.05, 3.63) is 74.1 Å². The van der Waals surface area contributed by atoms with Crippen LogP contribution in [-0.2, 0) is 10.0 Å². The molecule has 0 fully saturated rings. The SMILES string of the molecule is CN(C)c1cc[n+](/C(=N\S(=O)(=O)c2ccc(Cl)cc2S)c2c(O)[nH]c(=O)[nH]c2=O)cc1. The Morgan fingerprint density at radius 1 is 1.16 bits per heavy atom. The third kappa shape index (κ3) is 4.81.